The number of likely N-dealkylation sites (N-methyl/N-ethyl adjacent to an activating group) is 1. The predicted octanol–water partition coefficient (Wildman–Crippen LogP) is 1.20. The van der Waals surface area contributed by atoms with Crippen molar-refractivity contribution in [2.45, 2.75) is 18.5 Å². The minimum absolute atomic E-state index is 0.239. The van der Waals surface area contributed by atoms with Gasteiger partial charge in [-0.1, -0.05) is 30.3 Å². The number of aromatic nitrogens is 2. The van der Waals surface area contributed by atoms with Crippen LogP contribution in [0.2, 0.25) is 0 Å². The van der Waals surface area contributed by atoms with Gasteiger partial charge in [0.05, 0.1) is 5.56 Å². The fourth-order valence-corrected chi connectivity index (χ4v) is 3.70. The Balaban J connectivity index is 1.82. The molecule has 0 saturated carbocycles. The average Bonchev–Trinajstić information content (AvgIpc) is 3.06. The van der Waals surface area contributed by atoms with E-state index in [0.29, 0.717) is 17.9 Å². The number of nitrogen functional groups attached to an aromatic ring is 2. The van der Waals surface area contributed by atoms with E-state index < -0.39 is 0 Å². The second-order valence-corrected chi connectivity index (χ2v) is 6.17. The lowest BCUT2D eigenvalue weighted by Crippen LogP contribution is -2.45. The Morgan fingerprint density at radius 1 is 1.05 bits per heavy atom. The minimum atomic E-state index is 0.239. The van der Waals surface area contributed by atoms with Crippen LogP contribution >= 0.6 is 0 Å². The van der Waals surface area contributed by atoms with Crippen LogP contribution in [-0.4, -0.2) is 47.1 Å². The van der Waals surface area contributed by atoms with Crippen LogP contribution in [0.4, 0.5) is 17.6 Å². The number of anilines is 3. The van der Waals surface area contributed by atoms with Gasteiger partial charge in [0.1, 0.15) is 11.6 Å². The van der Waals surface area contributed by atoms with E-state index in [0.717, 1.165) is 30.0 Å². The SMILES string of the molecule is CN1CC2CC1CN2c1nc(N)nc(N)c1-c1ccccc1. The largest absolute Gasteiger partial charge is 0.383 e. The molecular formula is C16H20N6. The summed E-state index contributed by atoms with van der Waals surface area (Å²) in [6.45, 7) is 2.03. The van der Waals surface area contributed by atoms with Crippen molar-refractivity contribution in [1.29, 1.82) is 0 Å². The van der Waals surface area contributed by atoms with Crippen LogP contribution in [0.5, 0.6) is 0 Å². The molecule has 0 spiro atoms. The first-order valence-corrected chi connectivity index (χ1v) is 7.59. The summed E-state index contributed by atoms with van der Waals surface area (Å²) in [6, 6.07) is 11.1. The average molecular weight is 296 g/mol. The zero-order chi connectivity index (χ0) is 15.3. The van der Waals surface area contributed by atoms with Crippen LogP contribution in [0, 0.1) is 0 Å². The second-order valence-electron chi connectivity index (χ2n) is 6.17. The summed E-state index contributed by atoms with van der Waals surface area (Å²) in [6.07, 6.45) is 1.18. The van der Waals surface area contributed by atoms with E-state index in [1.54, 1.807) is 0 Å². The Morgan fingerprint density at radius 3 is 2.45 bits per heavy atom. The van der Waals surface area contributed by atoms with Gasteiger partial charge in [-0.3, -0.25) is 4.90 Å². The van der Waals surface area contributed by atoms with Crippen molar-refractivity contribution < 1.29 is 0 Å². The van der Waals surface area contributed by atoms with Gasteiger partial charge in [-0.15, -0.1) is 0 Å². The Labute approximate surface area is 129 Å². The molecule has 1 aromatic carbocycles. The maximum absolute atomic E-state index is 6.18. The van der Waals surface area contributed by atoms with Crippen molar-refractivity contribution in [3.8, 4) is 11.1 Å². The summed E-state index contributed by atoms with van der Waals surface area (Å²) < 4.78 is 0. The quantitative estimate of drug-likeness (QED) is 0.866. The summed E-state index contributed by atoms with van der Waals surface area (Å²) in [5.74, 6) is 1.56. The van der Waals surface area contributed by atoms with E-state index in [2.05, 4.69) is 26.8 Å². The molecule has 4 rings (SSSR count). The molecule has 4 N–H and O–H groups in total. The maximum atomic E-state index is 6.18. The van der Waals surface area contributed by atoms with Gasteiger partial charge in [0.15, 0.2) is 0 Å². The molecule has 2 fully saturated rings. The first kappa shape index (κ1) is 13.3. The zero-order valence-corrected chi connectivity index (χ0v) is 12.6. The number of rotatable bonds is 2. The first-order valence-electron chi connectivity index (χ1n) is 7.59. The summed E-state index contributed by atoms with van der Waals surface area (Å²) in [5, 5.41) is 0. The molecule has 2 aromatic rings. The van der Waals surface area contributed by atoms with Gasteiger partial charge in [0.2, 0.25) is 5.95 Å². The van der Waals surface area contributed by atoms with Crippen molar-refractivity contribution in [3.63, 3.8) is 0 Å². The molecule has 2 saturated heterocycles. The summed E-state index contributed by atoms with van der Waals surface area (Å²) in [4.78, 5) is 13.5. The normalized spacial score (nSPS) is 24.1. The number of hydrogen-bond donors (Lipinski definition) is 2. The molecule has 2 aliphatic rings. The molecule has 6 heteroatoms. The molecule has 0 amide bonds. The lowest BCUT2D eigenvalue weighted by atomic mass is 10.1. The topological polar surface area (TPSA) is 84.3 Å². The third kappa shape index (κ3) is 1.99. The van der Waals surface area contributed by atoms with E-state index >= 15 is 0 Å². The van der Waals surface area contributed by atoms with Crippen LogP contribution < -0.4 is 16.4 Å². The van der Waals surface area contributed by atoms with E-state index in [9.17, 15) is 0 Å². The van der Waals surface area contributed by atoms with Crippen molar-refractivity contribution in [2.24, 2.45) is 0 Å². The third-order valence-electron chi connectivity index (χ3n) is 4.78. The highest BCUT2D eigenvalue weighted by atomic mass is 15.4. The molecule has 114 valence electrons. The summed E-state index contributed by atoms with van der Waals surface area (Å²) in [7, 11) is 2.18. The van der Waals surface area contributed by atoms with Gasteiger partial charge in [0, 0.05) is 25.2 Å². The molecule has 6 nitrogen and oxygen atoms in total. The molecule has 22 heavy (non-hydrogen) atoms. The molecule has 2 atom stereocenters. The van der Waals surface area contributed by atoms with E-state index in [1.807, 2.05) is 30.3 Å². The third-order valence-corrected chi connectivity index (χ3v) is 4.78. The molecule has 2 aliphatic heterocycles. The van der Waals surface area contributed by atoms with Crippen LogP contribution in [0.1, 0.15) is 6.42 Å². The van der Waals surface area contributed by atoms with E-state index in [4.69, 9.17) is 11.5 Å². The second kappa shape index (κ2) is 4.84. The number of benzene rings is 1. The van der Waals surface area contributed by atoms with Crippen LogP contribution in [0.3, 0.4) is 0 Å². The summed E-state index contributed by atoms with van der Waals surface area (Å²) >= 11 is 0. The Bertz CT molecular complexity index is 699. The molecule has 0 aliphatic carbocycles. The Kier molecular flexibility index (Phi) is 2.94. The number of nitrogens with zero attached hydrogens (tertiary/aromatic N) is 4. The highest BCUT2D eigenvalue weighted by Crippen LogP contribution is 2.40. The predicted molar refractivity (Wildman–Crippen MR) is 88.5 cm³/mol. The lowest BCUT2D eigenvalue weighted by Gasteiger charge is -2.34. The van der Waals surface area contributed by atoms with Gasteiger partial charge < -0.3 is 16.4 Å². The maximum Gasteiger partial charge on any atom is 0.223 e. The van der Waals surface area contributed by atoms with Crippen molar-refractivity contribution in [2.75, 3.05) is 36.5 Å². The highest BCUT2D eigenvalue weighted by Gasteiger charge is 2.43. The van der Waals surface area contributed by atoms with Crippen molar-refractivity contribution in [3.05, 3.63) is 30.3 Å². The number of likely N-dealkylation sites (tertiary alicyclic amines) is 1. The monoisotopic (exact) mass is 296 g/mol. The molecule has 3 heterocycles. The number of hydrogen-bond acceptors (Lipinski definition) is 6. The van der Waals surface area contributed by atoms with Gasteiger partial charge in [0.25, 0.3) is 0 Å². The number of fused-ring (bicyclic) bond motifs is 2. The Morgan fingerprint density at radius 2 is 1.82 bits per heavy atom. The molecule has 2 bridgehead atoms. The highest BCUT2D eigenvalue weighted by molar-refractivity contribution is 5.85. The van der Waals surface area contributed by atoms with Crippen LogP contribution in [0.25, 0.3) is 11.1 Å². The molecule has 1 aromatic heterocycles. The molecular weight excluding hydrogens is 276 g/mol. The zero-order valence-electron chi connectivity index (χ0n) is 12.6. The Hall–Kier alpha value is -2.34. The van der Waals surface area contributed by atoms with Crippen molar-refractivity contribution >= 4 is 17.6 Å². The van der Waals surface area contributed by atoms with Crippen LogP contribution in [-0.2, 0) is 0 Å². The van der Waals surface area contributed by atoms with Gasteiger partial charge in [-0.25, -0.2) is 0 Å². The van der Waals surface area contributed by atoms with E-state index in [-0.39, 0.29) is 5.95 Å². The van der Waals surface area contributed by atoms with Gasteiger partial charge in [-0.05, 0) is 19.0 Å². The van der Waals surface area contributed by atoms with Crippen molar-refractivity contribution in [1.82, 2.24) is 14.9 Å². The van der Waals surface area contributed by atoms with Gasteiger partial charge >= 0.3 is 0 Å². The number of nitrogens with two attached hydrogens (primary N) is 2. The smallest absolute Gasteiger partial charge is 0.223 e. The minimum Gasteiger partial charge on any atom is -0.383 e. The van der Waals surface area contributed by atoms with Crippen LogP contribution in [0.15, 0.2) is 30.3 Å². The lowest BCUT2D eigenvalue weighted by molar-refractivity contribution is 0.292. The fourth-order valence-electron chi connectivity index (χ4n) is 3.70. The fraction of sp³-hybridized carbons (Fsp3) is 0.375. The summed E-state index contributed by atoms with van der Waals surface area (Å²) in [5.41, 5.74) is 14.0. The number of piperazine rings is 1. The standard InChI is InChI=1S/C16H20N6/c1-21-8-12-7-11(21)9-22(12)15-13(10-5-3-2-4-6-10)14(17)19-16(18)20-15/h2-6,11-12H,7-9H2,1H3,(H4,17,18,19,20). The van der Waals surface area contributed by atoms with Gasteiger partial charge in [-0.2, -0.15) is 9.97 Å². The molecule has 0 radical (unpaired) electrons. The first-order chi connectivity index (χ1) is 10.6. The molecule has 2 unspecified atom stereocenters. The van der Waals surface area contributed by atoms with E-state index in [1.165, 1.54) is 6.42 Å².